The van der Waals surface area contributed by atoms with Crippen LogP contribution in [0.25, 0.3) is 10.9 Å². The number of rotatable bonds is 2. The van der Waals surface area contributed by atoms with Crippen LogP contribution in [0.15, 0.2) is 36.5 Å². The average molecular weight is 285 g/mol. The maximum absolute atomic E-state index is 10.8. The van der Waals surface area contributed by atoms with Gasteiger partial charge >= 0.3 is 0 Å². The largest absolute Gasteiger partial charge is 0.387 e. The number of pyridine rings is 1. The maximum Gasteiger partial charge on any atom is 0.0972 e. The number of aromatic nitrogens is 1. The molecule has 112 valence electrons. The van der Waals surface area contributed by atoms with Crippen molar-refractivity contribution >= 4 is 10.9 Å². The minimum atomic E-state index is -0.507. The monoisotopic (exact) mass is 285 g/mol. The molecular weight excluding hydrogens is 262 g/mol. The number of aliphatic hydroxyl groups is 1. The van der Waals surface area contributed by atoms with Crippen LogP contribution in [0, 0.1) is 0 Å². The molecule has 2 unspecified atom stereocenters. The van der Waals surface area contributed by atoms with Crippen molar-refractivity contribution in [2.45, 2.75) is 18.6 Å². The molecule has 0 aliphatic carbocycles. The van der Waals surface area contributed by atoms with E-state index in [0.717, 1.165) is 42.5 Å². The topological polar surface area (TPSA) is 39.6 Å². The van der Waals surface area contributed by atoms with Crippen molar-refractivity contribution in [3.63, 3.8) is 0 Å². The van der Waals surface area contributed by atoms with E-state index in [1.165, 1.54) is 0 Å². The molecule has 0 spiro atoms. The van der Waals surface area contributed by atoms with Gasteiger partial charge in [0.15, 0.2) is 0 Å². The molecule has 0 amide bonds. The summed E-state index contributed by atoms with van der Waals surface area (Å²) in [5, 5.41) is 11.9. The Morgan fingerprint density at radius 1 is 1.24 bits per heavy atom. The number of hydrogen-bond acceptors (Lipinski definition) is 4. The van der Waals surface area contributed by atoms with Crippen LogP contribution in [0.4, 0.5) is 0 Å². The third-order valence-corrected chi connectivity index (χ3v) is 4.43. The number of para-hydroxylation sites is 1. The van der Waals surface area contributed by atoms with E-state index in [-0.39, 0.29) is 6.04 Å². The molecule has 2 aromatic rings. The molecule has 1 N–H and O–H groups in total. The van der Waals surface area contributed by atoms with Crippen molar-refractivity contribution in [3.05, 3.63) is 42.1 Å². The Kier molecular flexibility index (Phi) is 4.19. The second kappa shape index (κ2) is 6.10. The number of likely N-dealkylation sites (N-methyl/N-ethyl adjacent to an activating group) is 2. The normalized spacial score (nSPS) is 23.1. The first-order valence-electron chi connectivity index (χ1n) is 7.56. The lowest BCUT2D eigenvalue weighted by Gasteiger charge is -2.31. The van der Waals surface area contributed by atoms with Crippen LogP contribution < -0.4 is 0 Å². The van der Waals surface area contributed by atoms with Gasteiger partial charge in [-0.3, -0.25) is 9.88 Å². The number of fused-ring (bicyclic) bond motifs is 1. The minimum Gasteiger partial charge on any atom is -0.387 e. The summed E-state index contributed by atoms with van der Waals surface area (Å²) < 4.78 is 0. The van der Waals surface area contributed by atoms with Crippen molar-refractivity contribution < 1.29 is 5.11 Å². The van der Waals surface area contributed by atoms with Crippen molar-refractivity contribution in [1.29, 1.82) is 0 Å². The lowest BCUT2D eigenvalue weighted by Crippen LogP contribution is -2.42. The fraction of sp³-hybridized carbons (Fsp3) is 0.471. The highest BCUT2D eigenvalue weighted by Gasteiger charge is 2.28. The Morgan fingerprint density at radius 3 is 2.90 bits per heavy atom. The Bertz CT molecular complexity index is 616. The van der Waals surface area contributed by atoms with Gasteiger partial charge in [-0.15, -0.1) is 0 Å². The van der Waals surface area contributed by atoms with Gasteiger partial charge in [0.2, 0.25) is 0 Å². The molecule has 1 aromatic heterocycles. The highest BCUT2D eigenvalue weighted by atomic mass is 16.3. The van der Waals surface area contributed by atoms with Gasteiger partial charge < -0.3 is 10.0 Å². The molecule has 1 saturated heterocycles. The molecule has 4 heteroatoms. The third-order valence-electron chi connectivity index (χ3n) is 4.43. The van der Waals surface area contributed by atoms with Gasteiger partial charge in [0, 0.05) is 23.7 Å². The molecule has 0 bridgehead atoms. The average Bonchev–Trinajstić information content (AvgIpc) is 2.67. The highest BCUT2D eigenvalue weighted by Crippen LogP contribution is 2.24. The van der Waals surface area contributed by atoms with Gasteiger partial charge in [-0.1, -0.05) is 18.2 Å². The fourth-order valence-electron chi connectivity index (χ4n) is 3.12. The van der Waals surface area contributed by atoms with Crippen molar-refractivity contribution in [1.82, 2.24) is 14.8 Å². The van der Waals surface area contributed by atoms with Crippen molar-refractivity contribution in [2.24, 2.45) is 0 Å². The standard InChI is InChI=1S/C17H23N3O/c1-19-8-5-9-20(2)16(12-19)17(21)14-10-13-6-3-4-7-15(13)18-11-14/h3-4,6-7,10-11,16-17,21H,5,8-9,12H2,1-2H3. The molecular formula is C17H23N3O. The summed E-state index contributed by atoms with van der Waals surface area (Å²) in [6, 6.07) is 10.2. The SMILES string of the molecule is CN1CCCN(C)C(C(O)c2cnc3ccccc3c2)C1. The number of hydrogen-bond donors (Lipinski definition) is 1. The van der Waals surface area contributed by atoms with E-state index in [4.69, 9.17) is 0 Å². The number of aliphatic hydroxyl groups excluding tert-OH is 1. The van der Waals surface area contributed by atoms with Gasteiger partial charge in [0.1, 0.15) is 0 Å². The molecule has 2 heterocycles. The second-order valence-corrected chi connectivity index (χ2v) is 6.07. The summed E-state index contributed by atoms with van der Waals surface area (Å²) >= 11 is 0. The van der Waals surface area contributed by atoms with Crippen molar-refractivity contribution in [2.75, 3.05) is 33.7 Å². The van der Waals surface area contributed by atoms with Gasteiger partial charge in [-0.05, 0) is 45.7 Å². The summed E-state index contributed by atoms with van der Waals surface area (Å²) in [7, 11) is 4.22. The summed E-state index contributed by atoms with van der Waals surface area (Å²) in [4.78, 5) is 9.04. The zero-order valence-electron chi connectivity index (χ0n) is 12.7. The molecule has 1 aliphatic heterocycles. The van der Waals surface area contributed by atoms with Crippen LogP contribution in [-0.4, -0.2) is 59.7 Å². The molecule has 0 radical (unpaired) electrons. The predicted molar refractivity (Wildman–Crippen MR) is 85.2 cm³/mol. The maximum atomic E-state index is 10.8. The lowest BCUT2D eigenvalue weighted by atomic mass is 10.0. The summed E-state index contributed by atoms with van der Waals surface area (Å²) in [6.45, 7) is 2.99. The first kappa shape index (κ1) is 14.4. The molecule has 1 aliphatic rings. The van der Waals surface area contributed by atoms with Crippen molar-refractivity contribution in [3.8, 4) is 0 Å². The zero-order valence-corrected chi connectivity index (χ0v) is 12.7. The van der Waals surface area contributed by atoms with Gasteiger partial charge in [0.25, 0.3) is 0 Å². The van der Waals surface area contributed by atoms with Crippen LogP contribution in [0.3, 0.4) is 0 Å². The molecule has 3 rings (SSSR count). The van der Waals surface area contributed by atoms with E-state index in [1.54, 1.807) is 0 Å². The van der Waals surface area contributed by atoms with E-state index < -0.39 is 6.10 Å². The van der Waals surface area contributed by atoms with E-state index in [9.17, 15) is 5.11 Å². The Labute approximate surface area is 126 Å². The molecule has 21 heavy (non-hydrogen) atoms. The molecule has 1 aromatic carbocycles. The number of nitrogens with zero attached hydrogens (tertiary/aromatic N) is 3. The summed E-state index contributed by atoms with van der Waals surface area (Å²) in [6.07, 6.45) is 2.45. The Balaban J connectivity index is 1.89. The Hall–Kier alpha value is -1.49. The zero-order chi connectivity index (χ0) is 14.8. The minimum absolute atomic E-state index is 0.112. The first-order chi connectivity index (χ1) is 10.1. The van der Waals surface area contributed by atoms with E-state index >= 15 is 0 Å². The molecule has 0 saturated carbocycles. The van der Waals surface area contributed by atoms with Crippen LogP contribution in [0.2, 0.25) is 0 Å². The second-order valence-electron chi connectivity index (χ2n) is 6.07. The van der Waals surface area contributed by atoms with Gasteiger partial charge in [-0.25, -0.2) is 0 Å². The van der Waals surface area contributed by atoms with E-state index in [0.29, 0.717) is 0 Å². The fourth-order valence-corrected chi connectivity index (χ4v) is 3.12. The first-order valence-corrected chi connectivity index (χ1v) is 7.56. The summed E-state index contributed by atoms with van der Waals surface area (Å²) in [5.41, 5.74) is 1.88. The number of benzene rings is 1. The van der Waals surface area contributed by atoms with E-state index in [2.05, 4.69) is 34.9 Å². The molecule has 4 nitrogen and oxygen atoms in total. The quantitative estimate of drug-likeness (QED) is 0.915. The van der Waals surface area contributed by atoms with Crippen LogP contribution in [-0.2, 0) is 0 Å². The molecule has 2 atom stereocenters. The van der Waals surface area contributed by atoms with Crippen LogP contribution in [0.1, 0.15) is 18.1 Å². The van der Waals surface area contributed by atoms with E-state index in [1.807, 2.05) is 30.5 Å². The van der Waals surface area contributed by atoms with Gasteiger partial charge in [0.05, 0.1) is 17.7 Å². The smallest absolute Gasteiger partial charge is 0.0972 e. The van der Waals surface area contributed by atoms with Crippen LogP contribution in [0.5, 0.6) is 0 Å². The third kappa shape index (κ3) is 3.07. The van der Waals surface area contributed by atoms with Gasteiger partial charge in [-0.2, -0.15) is 0 Å². The predicted octanol–water partition coefficient (Wildman–Crippen LogP) is 1.90. The Morgan fingerprint density at radius 2 is 2.05 bits per heavy atom. The molecule has 1 fully saturated rings. The summed E-state index contributed by atoms with van der Waals surface area (Å²) in [5.74, 6) is 0. The van der Waals surface area contributed by atoms with Crippen LogP contribution >= 0.6 is 0 Å². The lowest BCUT2D eigenvalue weighted by molar-refractivity contribution is 0.0571. The highest BCUT2D eigenvalue weighted by molar-refractivity contribution is 5.78.